The number of amides is 1. The van der Waals surface area contributed by atoms with Crippen LogP contribution in [0.4, 0.5) is 0 Å². The number of piperidine rings is 1. The van der Waals surface area contributed by atoms with Gasteiger partial charge in [0.1, 0.15) is 0 Å². The first-order chi connectivity index (χ1) is 8.50. The summed E-state index contributed by atoms with van der Waals surface area (Å²) in [6, 6.07) is 1.99. The molecule has 2 N–H and O–H groups in total. The standard InChI is InChI=1S/C13H19BrN2O2/c1-13(2)5-3-6-15-10(13)8-16-12(17)9-4-7-18-11(9)14/h4,7,10,15H,3,5-6,8H2,1-2H3,(H,16,17). The quantitative estimate of drug-likeness (QED) is 0.901. The van der Waals surface area contributed by atoms with Gasteiger partial charge in [-0.3, -0.25) is 4.79 Å². The van der Waals surface area contributed by atoms with Crippen LogP contribution in [0.1, 0.15) is 37.0 Å². The lowest BCUT2D eigenvalue weighted by Crippen LogP contribution is -2.52. The maximum Gasteiger partial charge on any atom is 0.255 e. The van der Waals surface area contributed by atoms with Gasteiger partial charge in [0.05, 0.1) is 11.8 Å². The molecule has 1 fully saturated rings. The van der Waals surface area contributed by atoms with Crippen LogP contribution in [0.3, 0.4) is 0 Å². The molecule has 5 heteroatoms. The highest BCUT2D eigenvalue weighted by Crippen LogP contribution is 2.29. The fourth-order valence-corrected chi connectivity index (χ4v) is 2.79. The Morgan fingerprint density at radius 1 is 1.67 bits per heavy atom. The van der Waals surface area contributed by atoms with Crippen molar-refractivity contribution in [1.29, 1.82) is 0 Å². The van der Waals surface area contributed by atoms with Crippen molar-refractivity contribution in [2.75, 3.05) is 13.1 Å². The van der Waals surface area contributed by atoms with E-state index in [-0.39, 0.29) is 11.3 Å². The van der Waals surface area contributed by atoms with E-state index in [9.17, 15) is 4.79 Å². The summed E-state index contributed by atoms with van der Waals surface area (Å²) in [5.74, 6) is -0.0983. The Bertz CT molecular complexity index is 428. The third-order valence-electron chi connectivity index (χ3n) is 3.66. The second-order valence-electron chi connectivity index (χ2n) is 5.42. The zero-order valence-corrected chi connectivity index (χ0v) is 12.3. The van der Waals surface area contributed by atoms with Crippen LogP contribution in [0.25, 0.3) is 0 Å². The fourth-order valence-electron chi connectivity index (χ4n) is 2.37. The zero-order valence-electron chi connectivity index (χ0n) is 10.8. The lowest BCUT2D eigenvalue weighted by molar-refractivity contribution is 0.0927. The first-order valence-corrected chi connectivity index (χ1v) is 7.04. The number of carbonyl (C=O) groups excluding carboxylic acids is 1. The van der Waals surface area contributed by atoms with Gasteiger partial charge < -0.3 is 15.1 Å². The van der Waals surface area contributed by atoms with Crippen molar-refractivity contribution in [3.8, 4) is 0 Å². The molecule has 1 aliphatic heterocycles. The molecule has 0 spiro atoms. The van der Waals surface area contributed by atoms with E-state index >= 15 is 0 Å². The van der Waals surface area contributed by atoms with Gasteiger partial charge in [0.25, 0.3) is 5.91 Å². The number of furan rings is 1. The maximum atomic E-state index is 12.0. The molecule has 1 saturated heterocycles. The average molecular weight is 315 g/mol. The minimum atomic E-state index is -0.0983. The van der Waals surface area contributed by atoms with Crippen molar-refractivity contribution >= 4 is 21.8 Å². The van der Waals surface area contributed by atoms with E-state index in [0.717, 1.165) is 6.54 Å². The number of hydrogen-bond acceptors (Lipinski definition) is 3. The second kappa shape index (κ2) is 5.45. The van der Waals surface area contributed by atoms with Crippen LogP contribution < -0.4 is 10.6 Å². The molecule has 1 aliphatic rings. The summed E-state index contributed by atoms with van der Waals surface area (Å²) in [4.78, 5) is 12.0. The Morgan fingerprint density at radius 3 is 3.06 bits per heavy atom. The van der Waals surface area contributed by atoms with Crippen molar-refractivity contribution in [3.05, 3.63) is 22.6 Å². The van der Waals surface area contributed by atoms with Gasteiger partial charge in [0.2, 0.25) is 0 Å². The van der Waals surface area contributed by atoms with Crippen LogP contribution in [0.15, 0.2) is 21.4 Å². The highest BCUT2D eigenvalue weighted by molar-refractivity contribution is 9.10. The molecule has 1 amide bonds. The van der Waals surface area contributed by atoms with E-state index in [1.165, 1.54) is 19.1 Å². The monoisotopic (exact) mass is 314 g/mol. The molecule has 100 valence electrons. The maximum absolute atomic E-state index is 12.0. The molecular weight excluding hydrogens is 296 g/mol. The van der Waals surface area contributed by atoms with E-state index in [1.807, 2.05) is 0 Å². The first kappa shape index (κ1) is 13.6. The number of hydrogen-bond donors (Lipinski definition) is 2. The summed E-state index contributed by atoms with van der Waals surface area (Å²) >= 11 is 3.21. The molecule has 18 heavy (non-hydrogen) atoms. The SMILES string of the molecule is CC1(C)CCCNC1CNC(=O)c1ccoc1Br. The minimum absolute atomic E-state index is 0.0983. The highest BCUT2D eigenvalue weighted by Gasteiger charge is 2.32. The Morgan fingerprint density at radius 2 is 2.44 bits per heavy atom. The van der Waals surface area contributed by atoms with Crippen molar-refractivity contribution in [2.24, 2.45) is 5.41 Å². The lowest BCUT2D eigenvalue weighted by Gasteiger charge is -2.39. The summed E-state index contributed by atoms with van der Waals surface area (Å²) in [6.45, 7) is 6.15. The van der Waals surface area contributed by atoms with Gasteiger partial charge in [0, 0.05) is 12.6 Å². The fraction of sp³-hybridized carbons (Fsp3) is 0.615. The van der Waals surface area contributed by atoms with E-state index in [2.05, 4.69) is 40.4 Å². The molecule has 1 unspecified atom stereocenters. The van der Waals surface area contributed by atoms with Crippen molar-refractivity contribution in [3.63, 3.8) is 0 Å². The average Bonchev–Trinajstić information content (AvgIpc) is 2.73. The molecule has 0 radical (unpaired) electrons. The smallest absolute Gasteiger partial charge is 0.255 e. The molecule has 4 nitrogen and oxygen atoms in total. The molecule has 0 bridgehead atoms. The van der Waals surface area contributed by atoms with E-state index in [0.29, 0.717) is 22.8 Å². The molecular formula is C13H19BrN2O2. The van der Waals surface area contributed by atoms with Gasteiger partial charge >= 0.3 is 0 Å². The highest BCUT2D eigenvalue weighted by atomic mass is 79.9. The second-order valence-corrected chi connectivity index (χ2v) is 6.14. The van der Waals surface area contributed by atoms with Gasteiger partial charge in [-0.2, -0.15) is 0 Å². The molecule has 0 aromatic carbocycles. The third kappa shape index (κ3) is 2.95. The van der Waals surface area contributed by atoms with Crippen LogP contribution in [-0.2, 0) is 0 Å². The van der Waals surface area contributed by atoms with Gasteiger partial charge in [-0.05, 0) is 46.8 Å². The van der Waals surface area contributed by atoms with Gasteiger partial charge in [0.15, 0.2) is 4.67 Å². The Balaban J connectivity index is 1.91. The predicted molar refractivity (Wildman–Crippen MR) is 73.5 cm³/mol. The van der Waals surface area contributed by atoms with Gasteiger partial charge in [-0.1, -0.05) is 13.8 Å². The topological polar surface area (TPSA) is 54.3 Å². The Hall–Kier alpha value is -0.810. The van der Waals surface area contributed by atoms with Crippen molar-refractivity contribution < 1.29 is 9.21 Å². The van der Waals surface area contributed by atoms with Crippen molar-refractivity contribution in [2.45, 2.75) is 32.7 Å². The Labute approximate surface area is 116 Å². The largest absolute Gasteiger partial charge is 0.457 e. The lowest BCUT2D eigenvalue weighted by atomic mass is 9.77. The van der Waals surface area contributed by atoms with Gasteiger partial charge in [-0.15, -0.1) is 0 Å². The molecule has 1 aromatic heterocycles. The summed E-state index contributed by atoms with van der Waals surface area (Å²) in [6.07, 6.45) is 3.89. The summed E-state index contributed by atoms with van der Waals surface area (Å²) in [5, 5.41) is 6.43. The zero-order chi connectivity index (χ0) is 13.2. The predicted octanol–water partition coefficient (Wildman–Crippen LogP) is 2.55. The number of rotatable bonds is 3. The Kier molecular flexibility index (Phi) is 4.12. The van der Waals surface area contributed by atoms with Crippen LogP contribution in [0, 0.1) is 5.41 Å². The van der Waals surface area contributed by atoms with Crippen LogP contribution in [0.5, 0.6) is 0 Å². The molecule has 0 saturated carbocycles. The molecule has 1 aromatic rings. The van der Waals surface area contributed by atoms with Gasteiger partial charge in [-0.25, -0.2) is 0 Å². The van der Waals surface area contributed by atoms with Crippen LogP contribution in [-0.4, -0.2) is 25.0 Å². The van der Waals surface area contributed by atoms with E-state index in [1.54, 1.807) is 6.07 Å². The van der Waals surface area contributed by atoms with E-state index < -0.39 is 0 Å². The molecule has 0 aliphatic carbocycles. The number of halogens is 1. The van der Waals surface area contributed by atoms with Crippen LogP contribution >= 0.6 is 15.9 Å². The van der Waals surface area contributed by atoms with Crippen molar-refractivity contribution in [1.82, 2.24) is 10.6 Å². The van der Waals surface area contributed by atoms with E-state index in [4.69, 9.17) is 4.42 Å². The number of nitrogens with one attached hydrogen (secondary N) is 2. The molecule has 1 atom stereocenters. The van der Waals surface area contributed by atoms with Crippen LogP contribution in [0.2, 0.25) is 0 Å². The molecule has 2 heterocycles. The summed E-state index contributed by atoms with van der Waals surface area (Å²) in [5.41, 5.74) is 0.766. The first-order valence-electron chi connectivity index (χ1n) is 6.25. The molecule has 2 rings (SSSR count). The number of carbonyl (C=O) groups is 1. The summed E-state index contributed by atoms with van der Waals surface area (Å²) < 4.78 is 5.54. The normalized spacial score (nSPS) is 22.7. The third-order valence-corrected chi connectivity index (χ3v) is 4.28. The summed E-state index contributed by atoms with van der Waals surface area (Å²) in [7, 11) is 0. The minimum Gasteiger partial charge on any atom is -0.457 e.